The van der Waals surface area contributed by atoms with Crippen LogP contribution in [0.5, 0.6) is 11.5 Å². The molecule has 138 valence electrons. The molecular weight excluding hydrogens is 334 g/mol. The van der Waals surface area contributed by atoms with E-state index in [9.17, 15) is 9.59 Å². The number of amides is 1. The molecule has 0 radical (unpaired) electrons. The van der Waals surface area contributed by atoms with Gasteiger partial charge < -0.3 is 14.8 Å². The number of nitrogens with zero attached hydrogens (tertiary/aromatic N) is 2. The average Bonchev–Trinajstić information content (AvgIpc) is 2.96. The number of rotatable bonds is 6. The lowest BCUT2D eigenvalue weighted by molar-refractivity contribution is 0.101. The van der Waals surface area contributed by atoms with Gasteiger partial charge in [-0.05, 0) is 32.4 Å². The van der Waals surface area contributed by atoms with Gasteiger partial charge in [0.15, 0.2) is 0 Å². The summed E-state index contributed by atoms with van der Waals surface area (Å²) in [5.41, 5.74) is 1.54. The molecule has 0 saturated carbocycles. The van der Waals surface area contributed by atoms with Gasteiger partial charge in [-0.1, -0.05) is 6.92 Å². The third-order valence-corrected chi connectivity index (χ3v) is 4.08. The predicted molar refractivity (Wildman–Crippen MR) is 98.1 cm³/mol. The summed E-state index contributed by atoms with van der Waals surface area (Å²) in [7, 11) is 0. The van der Waals surface area contributed by atoms with Gasteiger partial charge in [0.05, 0.1) is 12.3 Å². The van der Waals surface area contributed by atoms with E-state index in [2.05, 4.69) is 10.4 Å². The fourth-order valence-corrected chi connectivity index (χ4v) is 2.94. The molecule has 1 atom stereocenters. The van der Waals surface area contributed by atoms with Gasteiger partial charge in [-0.3, -0.25) is 9.59 Å². The van der Waals surface area contributed by atoms with Crippen molar-refractivity contribution < 1.29 is 14.3 Å². The molecule has 7 heteroatoms. The Morgan fingerprint density at radius 3 is 2.92 bits per heavy atom. The van der Waals surface area contributed by atoms with E-state index in [1.165, 1.54) is 16.8 Å². The van der Waals surface area contributed by atoms with Crippen LogP contribution in [-0.4, -0.2) is 28.4 Å². The van der Waals surface area contributed by atoms with Crippen LogP contribution in [0.1, 0.15) is 43.2 Å². The van der Waals surface area contributed by atoms with Crippen molar-refractivity contribution in [2.75, 3.05) is 11.9 Å². The first-order valence-electron chi connectivity index (χ1n) is 8.87. The summed E-state index contributed by atoms with van der Waals surface area (Å²) >= 11 is 0. The van der Waals surface area contributed by atoms with Crippen molar-refractivity contribution in [1.29, 1.82) is 0 Å². The van der Waals surface area contributed by atoms with Gasteiger partial charge in [0, 0.05) is 30.7 Å². The lowest BCUT2D eigenvalue weighted by Gasteiger charge is -2.13. The maximum Gasteiger partial charge on any atom is 0.276 e. The Morgan fingerprint density at radius 1 is 1.38 bits per heavy atom. The quantitative estimate of drug-likeness (QED) is 0.859. The van der Waals surface area contributed by atoms with Crippen molar-refractivity contribution >= 4 is 11.6 Å². The maximum absolute atomic E-state index is 12.6. The normalized spacial score (nSPS) is 15.3. The lowest BCUT2D eigenvalue weighted by atomic mass is 10.1. The van der Waals surface area contributed by atoms with Gasteiger partial charge >= 0.3 is 0 Å². The molecule has 2 aromatic rings. The van der Waals surface area contributed by atoms with Crippen LogP contribution in [0, 0.1) is 0 Å². The van der Waals surface area contributed by atoms with E-state index in [-0.39, 0.29) is 17.4 Å². The number of nitrogens with one attached hydrogen (secondary N) is 1. The Bertz CT molecular complexity index is 876. The first-order valence-corrected chi connectivity index (χ1v) is 8.87. The van der Waals surface area contributed by atoms with Crippen LogP contribution >= 0.6 is 0 Å². The summed E-state index contributed by atoms with van der Waals surface area (Å²) in [6.07, 6.45) is 1.67. The van der Waals surface area contributed by atoms with Crippen molar-refractivity contribution in [2.24, 2.45) is 0 Å². The molecule has 26 heavy (non-hydrogen) atoms. The first kappa shape index (κ1) is 18.0. The lowest BCUT2D eigenvalue weighted by Crippen LogP contribution is -2.26. The minimum Gasteiger partial charge on any atom is -0.492 e. The topological polar surface area (TPSA) is 82.5 Å². The van der Waals surface area contributed by atoms with Crippen LogP contribution in [0.3, 0.4) is 0 Å². The maximum atomic E-state index is 12.6. The van der Waals surface area contributed by atoms with E-state index in [1.54, 1.807) is 6.07 Å². The molecule has 2 heterocycles. The Hall–Kier alpha value is -2.83. The van der Waals surface area contributed by atoms with Gasteiger partial charge in [-0.25, -0.2) is 4.68 Å². The van der Waals surface area contributed by atoms with Gasteiger partial charge in [-0.2, -0.15) is 5.10 Å². The van der Waals surface area contributed by atoms with Crippen LogP contribution in [-0.2, 0) is 13.0 Å². The SMILES string of the molecule is CCCn1nc(C(=O)Nc2cc3c(cc2OCC)CC(C)O3)ccc1=O. The first-order chi connectivity index (χ1) is 12.5. The Kier molecular flexibility index (Phi) is 5.25. The molecule has 1 amide bonds. The third-order valence-electron chi connectivity index (χ3n) is 4.08. The summed E-state index contributed by atoms with van der Waals surface area (Å²) in [6, 6.07) is 6.47. The zero-order chi connectivity index (χ0) is 18.7. The largest absolute Gasteiger partial charge is 0.492 e. The number of carbonyl (C=O) groups excluding carboxylic acids is 1. The Labute approximate surface area is 151 Å². The van der Waals surface area contributed by atoms with Crippen LogP contribution in [0.25, 0.3) is 0 Å². The van der Waals surface area contributed by atoms with Crippen molar-refractivity contribution in [2.45, 2.75) is 46.3 Å². The van der Waals surface area contributed by atoms with E-state index in [0.717, 1.165) is 24.2 Å². The number of benzene rings is 1. The smallest absolute Gasteiger partial charge is 0.276 e. The summed E-state index contributed by atoms with van der Waals surface area (Å²) in [5.74, 6) is 0.946. The zero-order valence-corrected chi connectivity index (χ0v) is 15.2. The fourth-order valence-electron chi connectivity index (χ4n) is 2.94. The highest BCUT2D eigenvalue weighted by Gasteiger charge is 2.23. The van der Waals surface area contributed by atoms with E-state index in [4.69, 9.17) is 9.47 Å². The van der Waals surface area contributed by atoms with E-state index < -0.39 is 5.91 Å². The number of aromatic nitrogens is 2. The highest BCUT2D eigenvalue weighted by Crippen LogP contribution is 2.38. The molecule has 0 bridgehead atoms. The molecule has 1 aliphatic heterocycles. The van der Waals surface area contributed by atoms with Crippen LogP contribution < -0.4 is 20.3 Å². The van der Waals surface area contributed by atoms with E-state index in [0.29, 0.717) is 24.6 Å². The Balaban J connectivity index is 1.88. The number of hydrogen-bond donors (Lipinski definition) is 1. The number of carbonyl (C=O) groups is 1. The van der Waals surface area contributed by atoms with Gasteiger partial charge in [0.2, 0.25) is 0 Å². The number of fused-ring (bicyclic) bond motifs is 1. The van der Waals surface area contributed by atoms with Gasteiger partial charge in [-0.15, -0.1) is 0 Å². The number of aryl methyl sites for hydroxylation is 1. The molecule has 1 unspecified atom stereocenters. The fraction of sp³-hybridized carbons (Fsp3) is 0.421. The second-order valence-electron chi connectivity index (χ2n) is 6.26. The average molecular weight is 357 g/mol. The van der Waals surface area contributed by atoms with Crippen LogP contribution in [0.15, 0.2) is 29.1 Å². The monoisotopic (exact) mass is 357 g/mol. The number of anilines is 1. The van der Waals surface area contributed by atoms with Crippen molar-refractivity contribution in [3.05, 3.63) is 45.9 Å². The van der Waals surface area contributed by atoms with E-state index >= 15 is 0 Å². The molecule has 3 rings (SSSR count). The van der Waals surface area contributed by atoms with Gasteiger partial charge in [0.1, 0.15) is 23.3 Å². The molecule has 1 aromatic heterocycles. The molecule has 0 spiro atoms. The molecule has 0 fully saturated rings. The second kappa shape index (κ2) is 7.59. The molecule has 0 aliphatic carbocycles. The molecule has 1 N–H and O–H groups in total. The number of hydrogen-bond acceptors (Lipinski definition) is 5. The van der Waals surface area contributed by atoms with Gasteiger partial charge in [0.25, 0.3) is 11.5 Å². The standard InChI is InChI=1S/C19H23N3O4/c1-4-8-22-18(23)7-6-14(21-22)19(24)20-15-11-16-13(9-12(3)26-16)10-17(15)25-5-2/h6-7,10-12H,4-5,8-9H2,1-3H3,(H,20,24). The van der Waals surface area contributed by atoms with E-state index in [1.807, 2.05) is 26.8 Å². The number of ether oxygens (including phenoxy) is 2. The summed E-state index contributed by atoms with van der Waals surface area (Å²) in [6.45, 7) is 6.78. The highest BCUT2D eigenvalue weighted by atomic mass is 16.5. The summed E-state index contributed by atoms with van der Waals surface area (Å²) in [5, 5.41) is 6.96. The zero-order valence-electron chi connectivity index (χ0n) is 15.2. The summed E-state index contributed by atoms with van der Waals surface area (Å²) in [4.78, 5) is 24.4. The highest BCUT2D eigenvalue weighted by molar-refractivity contribution is 6.03. The Morgan fingerprint density at radius 2 is 2.19 bits per heavy atom. The van der Waals surface area contributed by atoms with Crippen molar-refractivity contribution in [3.8, 4) is 11.5 Å². The molecule has 0 saturated heterocycles. The third kappa shape index (κ3) is 3.71. The second-order valence-corrected chi connectivity index (χ2v) is 6.26. The molecule has 1 aliphatic rings. The van der Waals surface area contributed by atoms with Crippen molar-refractivity contribution in [1.82, 2.24) is 9.78 Å². The van der Waals surface area contributed by atoms with Crippen molar-refractivity contribution in [3.63, 3.8) is 0 Å². The van der Waals surface area contributed by atoms with Crippen LogP contribution in [0.4, 0.5) is 5.69 Å². The molecular formula is C19H23N3O4. The molecule has 7 nitrogen and oxygen atoms in total. The summed E-state index contributed by atoms with van der Waals surface area (Å²) < 4.78 is 12.7. The minimum atomic E-state index is -0.401. The predicted octanol–water partition coefficient (Wildman–Crippen LogP) is 2.63. The van der Waals surface area contributed by atoms with Crippen LogP contribution in [0.2, 0.25) is 0 Å². The minimum absolute atomic E-state index is 0.102. The molecule has 1 aromatic carbocycles.